The molecule has 2 aromatic rings. The lowest BCUT2D eigenvalue weighted by molar-refractivity contribution is 0.0720. The van der Waals surface area contributed by atoms with Crippen LogP contribution in [0.4, 0.5) is 0 Å². The van der Waals surface area contributed by atoms with Crippen LogP contribution in [-0.2, 0) is 13.0 Å². The van der Waals surface area contributed by atoms with Crippen molar-refractivity contribution in [2.75, 3.05) is 13.1 Å². The third-order valence-corrected chi connectivity index (χ3v) is 5.11. The predicted octanol–water partition coefficient (Wildman–Crippen LogP) is 1.75. The minimum atomic E-state index is -0.139. The van der Waals surface area contributed by atoms with Crippen molar-refractivity contribution in [1.29, 1.82) is 0 Å². The summed E-state index contributed by atoms with van der Waals surface area (Å²) >= 11 is 1.76. The van der Waals surface area contributed by atoms with Gasteiger partial charge in [-0.2, -0.15) is 4.98 Å². The molecule has 0 saturated carbocycles. The van der Waals surface area contributed by atoms with E-state index in [0.29, 0.717) is 12.4 Å². The summed E-state index contributed by atoms with van der Waals surface area (Å²) in [7, 11) is 0. The van der Waals surface area contributed by atoms with Gasteiger partial charge in [-0.25, -0.2) is 0 Å². The molecule has 2 aromatic heterocycles. The maximum Gasteiger partial charge on any atom is 0.295 e. The molecule has 1 amide bonds. The van der Waals surface area contributed by atoms with Gasteiger partial charge < -0.3 is 14.7 Å². The van der Waals surface area contributed by atoms with E-state index in [-0.39, 0.29) is 17.8 Å². The number of rotatable bonds is 2. The standard InChI is InChI=1S/C14H16N4O2S/c19-14(18-6-3-11-9(8-18)4-7-21-11)12-16-13(20-17-12)10-2-1-5-15-10/h4,7,10,15H,1-3,5-6,8H2. The van der Waals surface area contributed by atoms with E-state index in [9.17, 15) is 4.79 Å². The third-order valence-electron chi connectivity index (χ3n) is 4.09. The van der Waals surface area contributed by atoms with E-state index in [1.807, 2.05) is 0 Å². The van der Waals surface area contributed by atoms with Crippen LogP contribution in [0.1, 0.15) is 45.8 Å². The molecule has 6 nitrogen and oxygen atoms in total. The number of fused-ring (bicyclic) bond motifs is 1. The van der Waals surface area contributed by atoms with Crippen molar-refractivity contribution in [3.8, 4) is 0 Å². The highest BCUT2D eigenvalue weighted by Gasteiger charge is 2.28. The summed E-state index contributed by atoms with van der Waals surface area (Å²) in [4.78, 5) is 19.9. The predicted molar refractivity (Wildman–Crippen MR) is 77.0 cm³/mol. The van der Waals surface area contributed by atoms with Gasteiger partial charge in [0.25, 0.3) is 11.7 Å². The number of aromatic nitrogens is 2. The number of hydrogen-bond donors (Lipinski definition) is 1. The van der Waals surface area contributed by atoms with E-state index < -0.39 is 0 Å². The molecule has 0 aromatic carbocycles. The molecule has 7 heteroatoms. The van der Waals surface area contributed by atoms with Crippen molar-refractivity contribution >= 4 is 17.2 Å². The summed E-state index contributed by atoms with van der Waals surface area (Å²) < 4.78 is 5.25. The highest BCUT2D eigenvalue weighted by atomic mass is 32.1. The second kappa shape index (κ2) is 5.23. The molecule has 0 aliphatic carbocycles. The van der Waals surface area contributed by atoms with E-state index in [4.69, 9.17) is 4.52 Å². The highest BCUT2D eigenvalue weighted by Crippen LogP contribution is 2.25. The van der Waals surface area contributed by atoms with Gasteiger partial charge in [-0.05, 0) is 42.8 Å². The molecule has 2 aliphatic rings. The fourth-order valence-electron chi connectivity index (χ4n) is 2.92. The van der Waals surface area contributed by atoms with Crippen LogP contribution in [0, 0.1) is 0 Å². The molecule has 1 fully saturated rings. The molecule has 0 bridgehead atoms. The van der Waals surface area contributed by atoms with Crippen LogP contribution in [0.3, 0.4) is 0 Å². The van der Waals surface area contributed by atoms with E-state index >= 15 is 0 Å². The lowest BCUT2D eigenvalue weighted by atomic mass is 10.1. The SMILES string of the molecule is O=C(c1noc(C2CCCN2)n1)N1CCc2sccc2C1. The van der Waals surface area contributed by atoms with Gasteiger partial charge in [0.05, 0.1) is 6.04 Å². The average Bonchev–Trinajstić information content (AvgIpc) is 3.24. The van der Waals surface area contributed by atoms with Gasteiger partial charge in [-0.3, -0.25) is 4.79 Å². The Balaban J connectivity index is 1.50. The molecule has 21 heavy (non-hydrogen) atoms. The van der Waals surface area contributed by atoms with Crippen molar-refractivity contribution in [3.63, 3.8) is 0 Å². The molecule has 0 spiro atoms. The first-order valence-electron chi connectivity index (χ1n) is 7.23. The Hall–Kier alpha value is -1.73. The first kappa shape index (κ1) is 13.0. The summed E-state index contributed by atoms with van der Waals surface area (Å²) in [6, 6.07) is 2.19. The van der Waals surface area contributed by atoms with Gasteiger partial charge in [0.2, 0.25) is 5.89 Å². The van der Waals surface area contributed by atoms with Crippen LogP contribution >= 0.6 is 11.3 Å². The minimum absolute atomic E-state index is 0.101. The number of thiophene rings is 1. The van der Waals surface area contributed by atoms with Crippen LogP contribution in [0.15, 0.2) is 16.0 Å². The van der Waals surface area contributed by atoms with Crippen molar-refractivity contribution in [1.82, 2.24) is 20.4 Å². The number of hydrogen-bond acceptors (Lipinski definition) is 6. The number of carbonyl (C=O) groups excluding carboxylic acids is 1. The molecule has 1 unspecified atom stereocenters. The monoisotopic (exact) mass is 304 g/mol. The quantitative estimate of drug-likeness (QED) is 0.915. The normalized spacial score (nSPS) is 21.5. The van der Waals surface area contributed by atoms with Crippen molar-refractivity contribution in [3.05, 3.63) is 33.6 Å². The van der Waals surface area contributed by atoms with Gasteiger partial charge in [0, 0.05) is 18.0 Å². The largest absolute Gasteiger partial charge is 0.337 e. The van der Waals surface area contributed by atoms with E-state index in [0.717, 1.165) is 32.4 Å². The Kier molecular flexibility index (Phi) is 3.23. The Morgan fingerprint density at radius 2 is 2.48 bits per heavy atom. The maximum absolute atomic E-state index is 12.5. The first-order valence-corrected chi connectivity index (χ1v) is 8.11. The van der Waals surface area contributed by atoms with Crippen LogP contribution in [-0.4, -0.2) is 34.0 Å². The Labute approximate surface area is 126 Å². The molecule has 4 rings (SSSR count). The Morgan fingerprint density at radius 1 is 1.52 bits per heavy atom. The molecule has 4 heterocycles. The zero-order chi connectivity index (χ0) is 14.2. The Morgan fingerprint density at radius 3 is 3.33 bits per heavy atom. The topological polar surface area (TPSA) is 71.3 Å². The lowest BCUT2D eigenvalue weighted by Gasteiger charge is -2.25. The van der Waals surface area contributed by atoms with Gasteiger partial charge >= 0.3 is 0 Å². The second-order valence-corrected chi connectivity index (χ2v) is 6.45. The summed E-state index contributed by atoms with van der Waals surface area (Å²) in [5.41, 5.74) is 1.24. The van der Waals surface area contributed by atoms with Gasteiger partial charge in [0.15, 0.2) is 0 Å². The van der Waals surface area contributed by atoms with Crippen LogP contribution in [0.5, 0.6) is 0 Å². The lowest BCUT2D eigenvalue weighted by Crippen LogP contribution is -2.36. The first-order chi connectivity index (χ1) is 10.3. The number of carbonyl (C=O) groups is 1. The number of nitrogens with zero attached hydrogens (tertiary/aromatic N) is 3. The summed E-state index contributed by atoms with van der Waals surface area (Å²) in [6.45, 7) is 2.32. The summed E-state index contributed by atoms with van der Waals surface area (Å²) in [6.07, 6.45) is 2.99. The van der Waals surface area contributed by atoms with E-state index in [2.05, 4.69) is 26.9 Å². The van der Waals surface area contributed by atoms with Crippen LogP contribution < -0.4 is 5.32 Å². The highest BCUT2D eigenvalue weighted by molar-refractivity contribution is 7.10. The van der Waals surface area contributed by atoms with E-state index in [1.54, 1.807) is 16.2 Å². The molecule has 1 N–H and O–H groups in total. The van der Waals surface area contributed by atoms with Crippen LogP contribution in [0.2, 0.25) is 0 Å². The second-order valence-electron chi connectivity index (χ2n) is 5.45. The van der Waals surface area contributed by atoms with Gasteiger partial charge in [0.1, 0.15) is 0 Å². The number of nitrogens with one attached hydrogen (secondary N) is 1. The maximum atomic E-state index is 12.5. The molecule has 2 aliphatic heterocycles. The molecule has 1 atom stereocenters. The van der Waals surface area contributed by atoms with Crippen molar-refractivity contribution in [2.24, 2.45) is 0 Å². The number of amides is 1. The molecular weight excluding hydrogens is 288 g/mol. The Bertz CT molecular complexity index is 659. The smallest absolute Gasteiger partial charge is 0.295 e. The average molecular weight is 304 g/mol. The van der Waals surface area contributed by atoms with E-state index in [1.165, 1.54) is 10.4 Å². The third kappa shape index (κ3) is 2.36. The van der Waals surface area contributed by atoms with Crippen molar-refractivity contribution in [2.45, 2.75) is 31.8 Å². The zero-order valence-corrected chi connectivity index (χ0v) is 12.4. The van der Waals surface area contributed by atoms with Crippen LogP contribution in [0.25, 0.3) is 0 Å². The fraction of sp³-hybridized carbons (Fsp3) is 0.500. The van der Waals surface area contributed by atoms with Gasteiger partial charge in [-0.1, -0.05) is 5.16 Å². The van der Waals surface area contributed by atoms with Crippen molar-refractivity contribution < 1.29 is 9.32 Å². The molecule has 1 saturated heterocycles. The summed E-state index contributed by atoms with van der Waals surface area (Å²) in [5.74, 6) is 0.571. The zero-order valence-electron chi connectivity index (χ0n) is 11.5. The molecular formula is C14H16N4O2S. The fourth-order valence-corrected chi connectivity index (χ4v) is 3.81. The molecule has 110 valence electrons. The molecule has 0 radical (unpaired) electrons. The summed E-state index contributed by atoms with van der Waals surface area (Å²) in [5, 5.41) is 9.24. The minimum Gasteiger partial charge on any atom is -0.337 e. The van der Waals surface area contributed by atoms with Gasteiger partial charge in [-0.15, -0.1) is 11.3 Å².